The summed E-state index contributed by atoms with van der Waals surface area (Å²) < 4.78 is 4.95. The zero-order chi connectivity index (χ0) is 11.5. The van der Waals surface area contributed by atoms with Gasteiger partial charge in [0.2, 0.25) is 0 Å². The predicted molar refractivity (Wildman–Crippen MR) is 64.4 cm³/mol. The standard InChI is InChI=1S/C11H20Cl2O2/c1-2-3-4-5-6-7-8-15-11(14)9-10(12)13/h10H,2-9H2,1H3. The molecule has 0 radical (unpaired) electrons. The first kappa shape index (κ1) is 15.0. The lowest BCUT2D eigenvalue weighted by Crippen LogP contribution is -2.08. The zero-order valence-electron chi connectivity index (χ0n) is 9.31. The number of hydrogen-bond acceptors (Lipinski definition) is 2. The minimum Gasteiger partial charge on any atom is -0.466 e. The van der Waals surface area contributed by atoms with E-state index in [1.165, 1.54) is 25.7 Å². The van der Waals surface area contributed by atoms with Gasteiger partial charge < -0.3 is 4.74 Å². The molecule has 0 bridgehead atoms. The molecule has 0 unspecified atom stereocenters. The Hall–Kier alpha value is 0.0500. The highest BCUT2D eigenvalue weighted by Crippen LogP contribution is 2.09. The highest BCUT2D eigenvalue weighted by atomic mass is 35.5. The lowest BCUT2D eigenvalue weighted by molar-refractivity contribution is -0.143. The van der Waals surface area contributed by atoms with Gasteiger partial charge in [-0.1, -0.05) is 39.0 Å². The zero-order valence-corrected chi connectivity index (χ0v) is 10.8. The molecule has 0 fully saturated rings. The van der Waals surface area contributed by atoms with E-state index < -0.39 is 4.84 Å². The van der Waals surface area contributed by atoms with Crippen LogP contribution >= 0.6 is 23.2 Å². The van der Waals surface area contributed by atoms with Gasteiger partial charge in [0, 0.05) is 0 Å². The van der Waals surface area contributed by atoms with Gasteiger partial charge in [-0.15, -0.1) is 23.2 Å². The first-order valence-electron chi connectivity index (χ1n) is 5.60. The van der Waals surface area contributed by atoms with E-state index in [0.29, 0.717) is 6.61 Å². The molecular formula is C11H20Cl2O2. The second-order valence-electron chi connectivity index (χ2n) is 3.58. The average molecular weight is 255 g/mol. The quantitative estimate of drug-likeness (QED) is 0.352. The van der Waals surface area contributed by atoms with Crippen molar-refractivity contribution in [3.8, 4) is 0 Å². The van der Waals surface area contributed by atoms with Gasteiger partial charge in [0.1, 0.15) is 4.84 Å². The van der Waals surface area contributed by atoms with Gasteiger partial charge in [0.05, 0.1) is 13.0 Å². The fourth-order valence-electron chi connectivity index (χ4n) is 1.25. The maximum absolute atomic E-state index is 11.0. The molecule has 0 aliphatic rings. The van der Waals surface area contributed by atoms with Gasteiger partial charge in [-0.2, -0.15) is 0 Å². The molecule has 0 aliphatic carbocycles. The second-order valence-corrected chi connectivity index (χ2v) is 4.86. The summed E-state index contributed by atoms with van der Waals surface area (Å²) in [5.41, 5.74) is 0. The molecule has 0 rings (SSSR count). The molecule has 0 heterocycles. The summed E-state index contributed by atoms with van der Waals surface area (Å²) in [5, 5.41) is 0. The molecule has 0 aromatic carbocycles. The van der Waals surface area contributed by atoms with Crippen LogP contribution in [-0.4, -0.2) is 17.4 Å². The van der Waals surface area contributed by atoms with Crippen molar-refractivity contribution in [3.05, 3.63) is 0 Å². The van der Waals surface area contributed by atoms with E-state index in [1.807, 2.05) is 0 Å². The van der Waals surface area contributed by atoms with E-state index >= 15 is 0 Å². The van der Waals surface area contributed by atoms with Crippen LogP contribution in [0.15, 0.2) is 0 Å². The third-order valence-corrected chi connectivity index (χ3v) is 2.39. The number of rotatable bonds is 9. The van der Waals surface area contributed by atoms with Gasteiger partial charge in [0.15, 0.2) is 0 Å². The Labute approximate surface area is 102 Å². The van der Waals surface area contributed by atoms with Crippen molar-refractivity contribution in [3.63, 3.8) is 0 Å². The summed E-state index contributed by atoms with van der Waals surface area (Å²) in [6, 6.07) is 0. The molecule has 90 valence electrons. The van der Waals surface area contributed by atoms with E-state index in [0.717, 1.165) is 12.8 Å². The molecule has 2 nitrogen and oxygen atoms in total. The van der Waals surface area contributed by atoms with Crippen LogP contribution in [0.5, 0.6) is 0 Å². The molecule has 0 N–H and O–H groups in total. The number of halogens is 2. The average Bonchev–Trinajstić information content (AvgIpc) is 2.15. The Morgan fingerprint density at radius 1 is 1.13 bits per heavy atom. The topological polar surface area (TPSA) is 26.3 Å². The third kappa shape index (κ3) is 12.0. The molecule has 0 saturated heterocycles. The van der Waals surface area contributed by atoms with E-state index in [4.69, 9.17) is 27.9 Å². The summed E-state index contributed by atoms with van der Waals surface area (Å²) in [4.78, 5) is 10.3. The van der Waals surface area contributed by atoms with Crippen LogP contribution < -0.4 is 0 Å². The SMILES string of the molecule is CCCCCCCCOC(=O)CC(Cl)Cl. The predicted octanol–water partition coefficient (Wildman–Crippen LogP) is 4.08. The van der Waals surface area contributed by atoms with Crippen molar-refractivity contribution in [2.24, 2.45) is 0 Å². The smallest absolute Gasteiger partial charge is 0.308 e. The lowest BCUT2D eigenvalue weighted by atomic mass is 10.1. The van der Waals surface area contributed by atoms with Crippen molar-refractivity contribution in [1.82, 2.24) is 0 Å². The molecule has 0 aromatic heterocycles. The molecular weight excluding hydrogens is 235 g/mol. The molecule has 0 amide bonds. The second kappa shape index (κ2) is 10.6. The molecule has 15 heavy (non-hydrogen) atoms. The Balaban J connectivity index is 3.13. The Morgan fingerprint density at radius 2 is 1.73 bits per heavy atom. The van der Waals surface area contributed by atoms with Crippen LogP contribution in [0.25, 0.3) is 0 Å². The van der Waals surface area contributed by atoms with Gasteiger partial charge >= 0.3 is 5.97 Å². The van der Waals surface area contributed by atoms with Crippen LogP contribution in [0, 0.1) is 0 Å². The Kier molecular flexibility index (Phi) is 10.6. The Bertz CT molecular complexity index is 161. The van der Waals surface area contributed by atoms with E-state index in [9.17, 15) is 4.79 Å². The molecule has 0 saturated carbocycles. The third-order valence-electron chi connectivity index (χ3n) is 2.08. The monoisotopic (exact) mass is 254 g/mol. The van der Waals surface area contributed by atoms with Crippen LogP contribution in [0.4, 0.5) is 0 Å². The van der Waals surface area contributed by atoms with Gasteiger partial charge in [-0.25, -0.2) is 0 Å². The largest absolute Gasteiger partial charge is 0.466 e. The van der Waals surface area contributed by atoms with Gasteiger partial charge in [-0.05, 0) is 6.42 Å². The Morgan fingerprint density at radius 3 is 2.33 bits per heavy atom. The number of hydrogen-bond donors (Lipinski definition) is 0. The minimum absolute atomic E-state index is 0.0823. The van der Waals surface area contributed by atoms with Crippen molar-refractivity contribution < 1.29 is 9.53 Å². The fourth-order valence-corrected chi connectivity index (χ4v) is 1.51. The molecule has 4 heteroatoms. The summed E-state index contributed by atoms with van der Waals surface area (Å²) >= 11 is 10.9. The van der Waals surface area contributed by atoms with E-state index in [2.05, 4.69) is 6.92 Å². The van der Waals surface area contributed by atoms with Crippen molar-refractivity contribution in [2.45, 2.75) is 56.7 Å². The van der Waals surface area contributed by atoms with Gasteiger partial charge in [0.25, 0.3) is 0 Å². The molecule has 0 atom stereocenters. The lowest BCUT2D eigenvalue weighted by Gasteiger charge is -2.04. The maximum Gasteiger partial charge on any atom is 0.308 e. The van der Waals surface area contributed by atoms with Crippen molar-refractivity contribution in [1.29, 1.82) is 0 Å². The molecule has 0 aromatic rings. The number of carbonyl (C=O) groups is 1. The summed E-state index contributed by atoms with van der Waals surface area (Å²) in [5.74, 6) is -0.307. The number of unbranched alkanes of at least 4 members (excludes halogenated alkanes) is 5. The first-order valence-corrected chi connectivity index (χ1v) is 6.48. The number of alkyl halides is 2. The highest BCUT2D eigenvalue weighted by molar-refractivity contribution is 6.45. The maximum atomic E-state index is 11.0. The van der Waals surface area contributed by atoms with Crippen LogP contribution in [0.2, 0.25) is 0 Å². The normalized spacial score (nSPS) is 10.7. The van der Waals surface area contributed by atoms with Crippen molar-refractivity contribution >= 4 is 29.2 Å². The van der Waals surface area contributed by atoms with Crippen LogP contribution in [-0.2, 0) is 9.53 Å². The van der Waals surface area contributed by atoms with Crippen molar-refractivity contribution in [2.75, 3.05) is 6.61 Å². The highest BCUT2D eigenvalue weighted by Gasteiger charge is 2.08. The van der Waals surface area contributed by atoms with E-state index in [-0.39, 0.29) is 12.4 Å². The summed E-state index contributed by atoms with van der Waals surface area (Å²) in [6.07, 6.45) is 7.18. The van der Waals surface area contributed by atoms with Gasteiger partial charge in [-0.3, -0.25) is 4.79 Å². The number of esters is 1. The summed E-state index contributed by atoms with van der Waals surface area (Å²) in [7, 11) is 0. The number of ether oxygens (including phenoxy) is 1. The fraction of sp³-hybridized carbons (Fsp3) is 0.909. The molecule has 0 spiro atoms. The molecule has 0 aliphatic heterocycles. The van der Waals surface area contributed by atoms with Crippen LogP contribution in [0.1, 0.15) is 51.9 Å². The first-order chi connectivity index (χ1) is 7.16. The number of carbonyl (C=O) groups excluding carboxylic acids is 1. The minimum atomic E-state index is -0.651. The van der Waals surface area contributed by atoms with E-state index in [1.54, 1.807) is 0 Å². The summed E-state index contributed by atoms with van der Waals surface area (Å²) in [6.45, 7) is 2.68. The van der Waals surface area contributed by atoms with Crippen LogP contribution in [0.3, 0.4) is 0 Å².